The molecule has 0 aromatic heterocycles. The molecule has 8 nitrogen and oxygen atoms in total. The van der Waals surface area contributed by atoms with Gasteiger partial charge in [0.25, 0.3) is 11.8 Å². The number of nitrogens with zero attached hydrogens (tertiary/aromatic N) is 3. The van der Waals surface area contributed by atoms with Crippen LogP contribution in [0.4, 0.5) is 5.69 Å². The Labute approximate surface area is 219 Å². The molecular formula is C20H20N3NaO5S3. The Morgan fingerprint density at radius 3 is 2.28 bits per heavy atom. The van der Waals surface area contributed by atoms with E-state index in [4.69, 9.17) is 12.2 Å². The van der Waals surface area contributed by atoms with Gasteiger partial charge >= 0.3 is 29.6 Å². The second-order valence-electron chi connectivity index (χ2n) is 6.82. The van der Waals surface area contributed by atoms with Gasteiger partial charge in [-0.15, -0.1) is 0 Å². The number of thioether (sulfide) groups is 1. The van der Waals surface area contributed by atoms with Crippen molar-refractivity contribution in [1.29, 1.82) is 0 Å². The van der Waals surface area contributed by atoms with E-state index in [1.165, 1.54) is 41.7 Å². The fourth-order valence-corrected chi connectivity index (χ4v) is 4.84. The maximum absolute atomic E-state index is 12.3. The third kappa shape index (κ3) is 6.10. The Kier molecular flexibility index (Phi) is 9.29. The second kappa shape index (κ2) is 11.1. The Balaban J connectivity index is 0.00000363. The maximum Gasteiger partial charge on any atom is 1.00 e. The van der Waals surface area contributed by atoms with Gasteiger partial charge in [-0.25, -0.2) is 8.42 Å². The third-order valence-electron chi connectivity index (χ3n) is 4.67. The van der Waals surface area contributed by atoms with Gasteiger partial charge in [0.1, 0.15) is 5.57 Å². The molecule has 164 valence electrons. The predicted molar refractivity (Wildman–Crippen MR) is 122 cm³/mol. The van der Waals surface area contributed by atoms with Crippen LogP contribution in [-0.2, 0) is 19.7 Å². The van der Waals surface area contributed by atoms with Crippen molar-refractivity contribution in [3.8, 4) is 0 Å². The van der Waals surface area contributed by atoms with Crippen LogP contribution in [0, 0.1) is 0 Å². The van der Waals surface area contributed by atoms with E-state index < -0.39 is 27.7 Å². The Morgan fingerprint density at radius 1 is 1.06 bits per heavy atom. The number of allylic oxidation sites excluding steroid dienone is 4. The van der Waals surface area contributed by atoms with Crippen LogP contribution in [0.15, 0.2) is 64.1 Å². The van der Waals surface area contributed by atoms with Crippen LogP contribution < -0.4 is 34.5 Å². The molecule has 12 heteroatoms. The first-order chi connectivity index (χ1) is 14.6. The summed E-state index contributed by atoms with van der Waals surface area (Å²) >= 11 is 6.57. The standard InChI is InChI=1S/C20H21N3O5S3.Na/c1-21-18(24)14(19(25)22(2)20(21)29)8-3-6-11-17-23(12-7-13-31(26,27)28)15-9-4-5-10-16(15)30-17;/h3-6,8-11H,7,12-13H2,1-2H3,(H,26,27,28);/q;+1/p-1. The van der Waals surface area contributed by atoms with E-state index in [-0.39, 0.29) is 46.7 Å². The zero-order valence-electron chi connectivity index (χ0n) is 17.8. The number of para-hydroxylation sites is 1. The molecule has 0 atom stereocenters. The van der Waals surface area contributed by atoms with Crippen molar-refractivity contribution in [3.05, 3.63) is 59.2 Å². The van der Waals surface area contributed by atoms with Gasteiger partial charge in [0, 0.05) is 31.3 Å². The van der Waals surface area contributed by atoms with Gasteiger partial charge in [-0.2, -0.15) is 0 Å². The number of thiocarbonyl (C=S) groups is 1. The van der Waals surface area contributed by atoms with E-state index in [1.54, 1.807) is 12.2 Å². The van der Waals surface area contributed by atoms with Crippen molar-refractivity contribution in [2.24, 2.45) is 0 Å². The van der Waals surface area contributed by atoms with Gasteiger partial charge in [-0.3, -0.25) is 19.4 Å². The summed E-state index contributed by atoms with van der Waals surface area (Å²) in [7, 11) is -1.25. The summed E-state index contributed by atoms with van der Waals surface area (Å²) in [6.45, 7) is 0.371. The smallest absolute Gasteiger partial charge is 0.748 e. The first-order valence-corrected chi connectivity index (χ1v) is 12.1. The number of benzene rings is 1. The van der Waals surface area contributed by atoms with Crippen LogP contribution in [0.3, 0.4) is 0 Å². The monoisotopic (exact) mass is 501 g/mol. The number of amides is 2. The molecule has 1 fully saturated rings. The van der Waals surface area contributed by atoms with Crippen molar-refractivity contribution in [3.63, 3.8) is 0 Å². The fourth-order valence-electron chi connectivity index (χ4n) is 3.09. The Morgan fingerprint density at radius 2 is 1.66 bits per heavy atom. The van der Waals surface area contributed by atoms with E-state index in [2.05, 4.69) is 0 Å². The number of likely N-dealkylation sites (N-methyl/N-ethyl adjacent to an activating group) is 2. The Hall–Kier alpha value is -1.47. The summed E-state index contributed by atoms with van der Waals surface area (Å²) < 4.78 is 32.8. The number of rotatable bonds is 6. The van der Waals surface area contributed by atoms with Crippen molar-refractivity contribution in [2.75, 3.05) is 31.3 Å². The van der Waals surface area contributed by atoms with Gasteiger partial charge in [-0.05, 0) is 42.9 Å². The molecule has 2 aliphatic rings. The molecule has 1 saturated heterocycles. The molecule has 2 heterocycles. The first-order valence-electron chi connectivity index (χ1n) is 9.27. The van der Waals surface area contributed by atoms with Crippen LogP contribution in [0.2, 0.25) is 0 Å². The molecule has 0 saturated carbocycles. The average Bonchev–Trinajstić information content (AvgIpc) is 3.07. The van der Waals surface area contributed by atoms with E-state index in [0.717, 1.165) is 15.6 Å². The van der Waals surface area contributed by atoms with Crippen molar-refractivity contribution >= 4 is 56.7 Å². The number of fused-ring (bicyclic) bond motifs is 1. The molecule has 0 N–H and O–H groups in total. The normalized spacial score (nSPS) is 18.0. The zero-order valence-corrected chi connectivity index (χ0v) is 22.3. The third-order valence-corrected chi connectivity index (χ3v) is 7.14. The molecule has 2 amide bonds. The van der Waals surface area contributed by atoms with Crippen molar-refractivity contribution in [2.45, 2.75) is 11.3 Å². The summed E-state index contributed by atoms with van der Waals surface area (Å²) in [5.74, 6) is -1.36. The summed E-state index contributed by atoms with van der Waals surface area (Å²) in [5.41, 5.74) is 0.941. The fraction of sp³-hybridized carbons (Fsp3) is 0.250. The minimum absolute atomic E-state index is 0. The predicted octanol–water partition coefficient (Wildman–Crippen LogP) is -0.923. The number of carbonyl (C=O) groups is 2. The van der Waals surface area contributed by atoms with Crippen LogP contribution in [0.5, 0.6) is 0 Å². The van der Waals surface area contributed by atoms with E-state index in [1.807, 2.05) is 35.2 Å². The molecule has 0 spiro atoms. The van der Waals surface area contributed by atoms with Crippen LogP contribution in [0.25, 0.3) is 0 Å². The molecular weight excluding hydrogens is 481 g/mol. The molecule has 0 aliphatic carbocycles. The molecule has 0 unspecified atom stereocenters. The van der Waals surface area contributed by atoms with Gasteiger partial charge in [0.15, 0.2) is 5.11 Å². The molecule has 0 radical (unpaired) electrons. The quantitative estimate of drug-likeness (QED) is 0.162. The van der Waals surface area contributed by atoms with Crippen molar-refractivity contribution < 1.29 is 52.1 Å². The second-order valence-corrected chi connectivity index (χ2v) is 9.77. The molecule has 32 heavy (non-hydrogen) atoms. The molecule has 0 bridgehead atoms. The maximum atomic E-state index is 12.3. The number of anilines is 1. The summed E-state index contributed by atoms with van der Waals surface area (Å²) in [6, 6.07) is 7.68. The number of carbonyl (C=O) groups excluding carboxylic acids is 2. The van der Waals surface area contributed by atoms with Crippen LogP contribution >= 0.6 is 24.0 Å². The van der Waals surface area contributed by atoms with E-state index in [9.17, 15) is 22.6 Å². The topological polar surface area (TPSA) is 101 Å². The SMILES string of the molecule is CN1C(=O)C(=CC=CC=C2Sc3ccccc3N2CCCS(=O)(=O)[O-])C(=O)N(C)C1=S.[Na+]. The van der Waals surface area contributed by atoms with E-state index in [0.29, 0.717) is 6.54 Å². The van der Waals surface area contributed by atoms with Crippen LogP contribution in [0.1, 0.15) is 6.42 Å². The van der Waals surface area contributed by atoms with Crippen LogP contribution in [-0.4, -0.2) is 66.1 Å². The average molecular weight is 502 g/mol. The molecule has 1 aromatic rings. The van der Waals surface area contributed by atoms with E-state index >= 15 is 0 Å². The summed E-state index contributed by atoms with van der Waals surface area (Å²) in [6.07, 6.45) is 6.75. The number of hydrogen-bond donors (Lipinski definition) is 0. The molecule has 1 aromatic carbocycles. The summed E-state index contributed by atoms with van der Waals surface area (Å²) in [4.78, 5) is 30.1. The summed E-state index contributed by atoms with van der Waals surface area (Å²) in [5, 5.41) is 0.991. The molecule has 2 aliphatic heterocycles. The number of hydrogen-bond acceptors (Lipinski definition) is 8. The van der Waals surface area contributed by atoms with Gasteiger partial charge in [0.2, 0.25) is 0 Å². The molecule has 3 rings (SSSR count). The Bertz CT molecular complexity index is 1110. The minimum Gasteiger partial charge on any atom is -0.748 e. The van der Waals surface area contributed by atoms with Gasteiger partial charge in [-0.1, -0.05) is 36.0 Å². The minimum atomic E-state index is -4.27. The van der Waals surface area contributed by atoms with Crippen molar-refractivity contribution in [1.82, 2.24) is 9.80 Å². The zero-order chi connectivity index (χ0) is 22.8. The largest absolute Gasteiger partial charge is 1.00 e. The van der Waals surface area contributed by atoms with Gasteiger partial charge < -0.3 is 9.45 Å². The first kappa shape index (κ1) is 26.8. The van der Waals surface area contributed by atoms with Gasteiger partial charge in [0.05, 0.1) is 20.8 Å².